The van der Waals surface area contributed by atoms with E-state index in [1.165, 1.54) is 0 Å². The molecule has 1 saturated carbocycles. The van der Waals surface area contributed by atoms with E-state index in [4.69, 9.17) is 5.73 Å². The van der Waals surface area contributed by atoms with Crippen LogP contribution < -0.4 is 10.5 Å². The molecule has 0 amide bonds. The number of aryl methyl sites for hydroxylation is 1. The standard InChI is InChI=1S/C13H20N2O2S2/c1-9-4-5-11(14)12(10(9)2)19(16,17)15-8-13(18-3)6-7-13/h4-5,15H,6-8,14H2,1-3H3. The zero-order chi connectivity index (χ0) is 14.3. The molecule has 19 heavy (non-hydrogen) atoms. The smallest absolute Gasteiger partial charge is 0.242 e. The van der Waals surface area contributed by atoms with Gasteiger partial charge in [0.15, 0.2) is 0 Å². The molecule has 0 unspecified atom stereocenters. The summed E-state index contributed by atoms with van der Waals surface area (Å²) in [5.41, 5.74) is 7.80. The van der Waals surface area contributed by atoms with Gasteiger partial charge in [-0.2, -0.15) is 11.8 Å². The normalized spacial score (nSPS) is 17.4. The fourth-order valence-electron chi connectivity index (χ4n) is 2.06. The van der Waals surface area contributed by atoms with Gasteiger partial charge in [0.2, 0.25) is 10.0 Å². The van der Waals surface area contributed by atoms with Gasteiger partial charge in [0.1, 0.15) is 4.90 Å². The molecule has 0 spiro atoms. The molecule has 3 N–H and O–H groups in total. The average Bonchev–Trinajstić information content (AvgIpc) is 3.13. The number of sulfonamides is 1. The Morgan fingerprint density at radius 3 is 2.53 bits per heavy atom. The summed E-state index contributed by atoms with van der Waals surface area (Å²) >= 11 is 1.73. The Kier molecular flexibility index (Phi) is 3.86. The molecule has 0 aromatic heterocycles. The van der Waals surface area contributed by atoms with Crippen molar-refractivity contribution >= 4 is 27.5 Å². The molecule has 0 atom stereocenters. The first kappa shape index (κ1) is 14.7. The van der Waals surface area contributed by atoms with E-state index in [2.05, 4.69) is 4.72 Å². The molecule has 1 aliphatic carbocycles. The summed E-state index contributed by atoms with van der Waals surface area (Å²) in [6.45, 7) is 4.16. The van der Waals surface area contributed by atoms with Gasteiger partial charge >= 0.3 is 0 Å². The van der Waals surface area contributed by atoms with Gasteiger partial charge in [-0.3, -0.25) is 0 Å². The predicted molar refractivity (Wildman–Crippen MR) is 81.0 cm³/mol. The van der Waals surface area contributed by atoms with Crippen LogP contribution in [0.4, 0.5) is 5.69 Å². The Morgan fingerprint density at radius 1 is 1.37 bits per heavy atom. The summed E-state index contributed by atoms with van der Waals surface area (Å²) in [6.07, 6.45) is 4.16. The van der Waals surface area contributed by atoms with Crippen LogP contribution in [0.5, 0.6) is 0 Å². The van der Waals surface area contributed by atoms with Crippen molar-refractivity contribution in [3.63, 3.8) is 0 Å². The molecule has 1 aliphatic rings. The fourth-order valence-corrected chi connectivity index (χ4v) is 4.43. The summed E-state index contributed by atoms with van der Waals surface area (Å²) in [7, 11) is -3.54. The zero-order valence-corrected chi connectivity index (χ0v) is 13.1. The third-order valence-corrected chi connectivity index (χ3v) is 6.82. The largest absolute Gasteiger partial charge is 0.398 e. The number of nitrogens with one attached hydrogen (secondary N) is 1. The lowest BCUT2D eigenvalue weighted by Crippen LogP contribution is -2.32. The molecular weight excluding hydrogens is 280 g/mol. The van der Waals surface area contributed by atoms with Crippen molar-refractivity contribution in [2.45, 2.75) is 36.3 Å². The lowest BCUT2D eigenvalue weighted by atomic mass is 10.1. The molecule has 1 aromatic rings. The van der Waals surface area contributed by atoms with Crippen molar-refractivity contribution < 1.29 is 8.42 Å². The molecule has 1 aromatic carbocycles. The highest BCUT2D eigenvalue weighted by atomic mass is 32.2. The zero-order valence-electron chi connectivity index (χ0n) is 11.5. The van der Waals surface area contributed by atoms with E-state index in [1.54, 1.807) is 24.8 Å². The molecule has 1 fully saturated rings. The van der Waals surface area contributed by atoms with Gasteiger partial charge in [0, 0.05) is 11.3 Å². The van der Waals surface area contributed by atoms with E-state index in [9.17, 15) is 8.42 Å². The molecule has 0 radical (unpaired) electrons. The topological polar surface area (TPSA) is 72.2 Å². The summed E-state index contributed by atoms with van der Waals surface area (Å²) in [6, 6.07) is 3.49. The van der Waals surface area contributed by atoms with E-state index >= 15 is 0 Å². The maximum absolute atomic E-state index is 12.4. The summed E-state index contributed by atoms with van der Waals surface area (Å²) < 4.78 is 27.6. The van der Waals surface area contributed by atoms with Gasteiger partial charge in [-0.15, -0.1) is 0 Å². The van der Waals surface area contributed by atoms with Crippen molar-refractivity contribution in [3.8, 4) is 0 Å². The number of nitrogens with two attached hydrogens (primary N) is 1. The number of rotatable bonds is 5. The maximum Gasteiger partial charge on any atom is 0.242 e. The third kappa shape index (κ3) is 2.90. The average molecular weight is 300 g/mol. The van der Waals surface area contributed by atoms with Gasteiger partial charge in [0.25, 0.3) is 0 Å². The Labute approximate surface area is 119 Å². The van der Waals surface area contributed by atoms with Crippen LogP contribution in [0.1, 0.15) is 24.0 Å². The van der Waals surface area contributed by atoms with Crippen LogP contribution in [-0.2, 0) is 10.0 Å². The number of anilines is 1. The van der Waals surface area contributed by atoms with Crippen molar-refractivity contribution in [1.82, 2.24) is 4.72 Å². The molecule has 0 saturated heterocycles. The van der Waals surface area contributed by atoms with Crippen molar-refractivity contribution in [2.24, 2.45) is 0 Å². The van der Waals surface area contributed by atoms with Crippen LogP contribution in [0.15, 0.2) is 17.0 Å². The molecule has 0 heterocycles. The van der Waals surface area contributed by atoms with Gasteiger partial charge in [-0.05, 0) is 50.1 Å². The predicted octanol–water partition coefficient (Wildman–Crippen LogP) is 2.06. The Hall–Kier alpha value is -0.720. The van der Waals surface area contributed by atoms with Crippen molar-refractivity contribution in [2.75, 3.05) is 18.5 Å². The van der Waals surface area contributed by atoms with Gasteiger partial charge in [0.05, 0.1) is 5.69 Å². The second-order valence-electron chi connectivity index (χ2n) is 5.14. The molecule has 0 bridgehead atoms. The number of thioether (sulfide) groups is 1. The summed E-state index contributed by atoms with van der Waals surface area (Å²) in [5.74, 6) is 0. The van der Waals surface area contributed by atoms with Gasteiger partial charge in [-0.1, -0.05) is 6.07 Å². The fraction of sp³-hybridized carbons (Fsp3) is 0.538. The summed E-state index contributed by atoms with van der Waals surface area (Å²) in [4.78, 5) is 0.226. The third-order valence-electron chi connectivity index (χ3n) is 3.80. The minimum absolute atomic E-state index is 0.0968. The van der Waals surface area contributed by atoms with Crippen LogP contribution in [0.2, 0.25) is 0 Å². The van der Waals surface area contributed by atoms with Gasteiger partial charge in [-0.25, -0.2) is 13.1 Å². The second-order valence-corrected chi connectivity index (χ2v) is 8.12. The highest BCUT2D eigenvalue weighted by molar-refractivity contribution is 8.00. The quantitative estimate of drug-likeness (QED) is 0.817. The number of hydrogen-bond acceptors (Lipinski definition) is 4. The van der Waals surface area contributed by atoms with Gasteiger partial charge < -0.3 is 5.73 Å². The Morgan fingerprint density at radius 2 is 2.00 bits per heavy atom. The number of benzene rings is 1. The van der Waals surface area contributed by atoms with E-state index < -0.39 is 10.0 Å². The van der Waals surface area contributed by atoms with Crippen molar-refractivity contribution in [1.29, 1.82) is 0 Å². The highest BCUT2D eigenvalue weighted by Gasteiger charge is 2.42. The molecule has 4 nitrogen and oxygen atoms in total. The maximum atomic E-state index is 12.4. The lowest BCUT2D eigenvalue weighted by Gasteiger charge is -2.16. The first-order valence-electron chi connectivity index (χ1n) is 6.22. The van der Waals surface area contributed by atoms with E-state index in [0.29, 0.717) is 12.2 Å². The first-order valence-corrected chi connectivity index (χ1v) is 8.93. The van der Waals surface area contributed by atoms with E-state index in [-0.39, 0.29) is 9.64 Å². The number of hydrogen-bond donors (Lipinski definition) is 2. The Balaban J connectivity index is 2.27. The molecular formula is C13H20N2O2S2. The minimum atomic E-state index is -3.54. The van der Waals surface area contributed by atoms with Crippen LogP contribution >= 0.6 is 11.8 Å². The first-order chi connectivity index (χ1) is 8.81. The minimum Gasteiger partial charge on any atom is -0.398 e. The Bertz CT molecular complexity index is 593. The molecule has 6 heteroatoms. The lowest BCUT2D eigenvalue weighted by molar-refractivity contribution is 0.579. The van der Waals surface area contributed by atoms with Crippen LogP contribution in [-0.4, -0.2) is 26.0 Å². The summed E-state index contributed by atoms with van der Waals surface area (Å²) in [5, 5.41) is 0. The molecule has 106 valence electrons. The van der Waals surface area contributed by atoms with Crippen LogP contribution in [0.3, 0.4) is 0 Å². The molecule has 0 aliphatic heterocycles. The highest BCUT2D eigenvalue weighted by Crippen LogP contribution is 2.46. The van der Waals surface area contributed by atoms with Crippen LogP contribution in [0.25, 0.3) is 0 Å². The number of nitrogen functional groups attached to an aromatic ring is 1. The SMILES string of the molecule is CSC1(CNS(=O)(=O)c2c(N)ccc(C)c2C)CC1. The monoisotopic (exact) mass is 300 g/mol. The van der Waals surface area contributed by atoms with Crippen molar-refractivity contribution in [3.05, 3.63) is 23.3 Å². The van der Waals surface area contributed by atoms with E-state index in [0.717, 1.165) is 24.0 Å². The second kappa shape index (κ2) is 5.00. The van der Waals surface area contributed by atoms with Crippen LogP contribution in [0, 0.1) is 13.8 Å². The van der Waals surface area contributed by atoms with E-state index in [1.807, 2.05) is 19.2 Å². The molecule has 2 rings (SSSR count).